The van der Waals surface area contributed by atoms with Gasteiger partial charge in [-0.15, -0.1) is 11.8 Å². The fourth-order valence-corrected chi connectivity index (χ4v) is 3.47. The normalized spacial score (nSPS) is 26.1. The zero-order chi connectivity index (χ0) is 12.3. The molecule has 2 N–H and O–H groups in total. The number of hydrogen-bond acceptors (Lipinski definition) is 3. The lowest BCUT2D eigenvalue weighted by atomic mass is 10.1. The monoisotopic (exact) mass is 251 g/mol. The van der Waals surface area contributed by atoms with Gasteiger partial charge in [-0.05, 0) is 31.4 Å². The van der Waals surface area contributed by atoms with Crippen LogP contribution in [0.4, 0.5) is 0 Å². The molecule has 1 aromatic carbocycles. The summed E-state index contributed by atoms with van der Waals surface area (Å²) in [5.74, 6) is 0. The van der Waals surface area contributed by atoms with Crippen LogP contribution in [0, 0.1) is 0 Å². The van der Waals surface area contributed by atoms with Gasteiger partial charge in [-0.2, -0.15) is 0 Å². The van der Waals surface area contributed by atoms with E-state index in [1.165, 1.54) is 10.5 Å². The van der Waals surface area contributed by atoms with Crippen molar-refractivity contribution in [1.29, 1.82) is 0 Å². The molecule has 1 saturated heterocycles. The Morgan fingerprint density at radius 3 is 2.88 bits per heavy atom. The first-order chi connectivity index (χ1) is 8.22. The zero-order valence-corrected chi connectivity index (χ0v) is 11.4. The van der Waals surface area contributed by atoms with E-state index in [1.807, 2.05) is 11.8 Å². The minimum absolute atomic E-state index is 0.149. The summed E-state index contributed by atoms with van der Waals surface area (Å²) >= 11 is 1.92. The lowest BCUT2D eigenvalue weighted by Gasteiger charge is -2.18. The van der Waals surface area contributed by atoms with Gasteiger partial charge in [0.05, 0.1) is 6.10 Å². The Kier molecular flexibility index (Phi) is 4.48. The fraction of sp³-hybridized carbons (Fsp3) is 0.571. The quantitative estimate of drug-likeness (QED) is 0.891. The van der Waals surface area contributed by atoms with Crippen LogP contribution in [0.15, 0.2) is 29.2 Å². The molecule has 0 aliphatic carbocycles. The molecule has 0 saturated carbocycles. The van der Waals surface area contributed by atoms with E-state index in [-0.39, 0.29) is 6.04 Å². The highest BCUT2D eigenvalue weighted by atomic mass is 32.2. The summed E-state index contributed by atoms with van der Waals surface area (Å²) in [5.41, 5.74) is 7.44. The van der Waals surface area contributed by atoms with Gasteiger partial charge in [0.25, 0.3) is 0 Å². The Balaban J connectivity index is 2.14. The maximum Gasteiger partial charge on any atom is 0.0669 e. The molecule has 0 bridgehead atoms. The molecule has 3 heteroatoms. The van der Waals surface area contributed by atoms with Gasteiger partial charge in [0, 0.05) is 22.8 Å². The van der Waals surface area contributed by atoms with Crippen LogP contribution in [0.2, 0.25) is 0 Å². The summed E-state index contributed by atoms with van der Waals surface area (Å²) in [7, 11) is 0. The Bertz CT molecular complexity index is 369. The number of nitrogens with two attached hydrogens (primary N) is 1. The van der Waals surface area contributed by atoms with E-state index in [9.17, 15) is 0 Å². The van der Waals surface area contributed by atoms with Gasteiger partial charge in [0.1, 0.15) is 0 Å². The van der Waals surface area contributed by atoms with E-state index in [2.05, 4.69) is 38.1 Å². The van der Waals surface area contributed by atoms with Gasteiger partial charge in [0.2, 0.25) is 0 Å². The van der Waals surface area contributed by atoms with Crippen molar-refractivity contribution in [2.75, 3.05) is 6.61 Å². The summed E-state index contributed by atoms with van der Waals surface area (Å²) in [5, 5.41) is 0.570. The second kappa shape index (κ2) is 5.89. The number of ether oxygens (including phenoxy) is 1. The molecule has 17 heavy (non-hydrogen) atoms. The highest BCUT2D eigenvalue weighted by Gasteiger charge is 2.26. The molecule has 94 valence electrons. The van der Waals surface area contributed by atoms with Crippen LogP contribution in [0.1, 0.15) is 38.3 Å². The van der Waals surface area contributed by atoms with E-state index >= 15 is 0 Å². The summed E-state index contributed by atoms with van der Waals surface area (Å²) in [6.45, 7) is 5.18. The van der Waals surface area contributed by atoms with Crippen molar-refractivity contribution in [1.82, 2.24) is 0 Å². The number of hydrogen-bond donors (Lipinski definition) is 1. The topological polar surface area (TPSA) is 35.2 Å². The molecule has 2 rings (SSSR count). The molecule has 1 aliphatic heterocycles. The molecule has 3 unspecified atom stereocenters. The largest absolute Gasteiger partial charge is 0.377 e. The molecule has 2 nitrogen and oxygen atoms in total. The van der Waals surface area contributed by atoms with Crippen molar-refractivity contribution in [2.45, 2.75) is 49.0 Å². The van der Waals surface area contributed by atoms with Crippen LogP contribution in [0.25, 0.3) is 0 Å². The van der Waals surface area contributed by atoms with Crippen LogP contribution < -0.4 is 5.73 Å². The van der Waals surface area contributed by atoms with Crippen molar-refractivity contribution in [3.05, 3.63) is 29.8 Å². The predicted octanol–water partition coefficient (Wildman–Crippen LogP) is 3.37. The third-order valence-corrected chi connectivity index (χ3v) is 4.89. The van der Waals surface area contributed by atoms with Crippen LogP contribution in [0.3, 0.4) is 0 Å². The molecular weight excluding hydrogens is 230 g/mol. The Labute approximate surface area is 108 Å². The van der Waals surface area contributed by atoms with Gasteiger partial charge >= 0.3 is 0 Å². The number of rotatable bonds is 4. The number of thioether (sulfide) groups is 1. The van der Waals surface area contributed by atoms with Gasteiger partial charge in [-0.1, -0.05) is 25.1 Å². The van der Waals surface area contributed by atoms with Gasteiger partial charge in [-0.3, -0.25) is 0 Å². The van der Waals surface area contributed by atoms with Crippen LogP contribution in [-0.4, -0.2) is 18.0 Å². The third-order valence-electron chi connectivity index (χ3n) is 3.34. The molecule has 0 spiro atoms. The Morgan fingerprint density at radius 2 is 2.24 bits per heavy atom. The summed E-state index contributed by atoms with van der Waals surface area (Å²) in [6, 6.07) is 8.65. The van der Waals surface area contributed by atoms with Crippen LogP contribution >= 0.6 is 11.8 Å². The molecule has 1 fully saturated rings. The van der Waals surface area contributed by atoms with E-state index in [4.69, 9.17) is 10.5 Å². The molecule has 1 aromatic rings. The zero-order valence-electron chi connectivity index (χ0n) is 10.6. The van der Waals surface area contributed by atoms with E-state index < -0.39 is 0 Å². The highest BCUT2D eigenvalue weighted by Crippen LogP contribution is 2.36. The fourth-order valence-electron chi connectivity index (χ4n) is 2.14. The summed E-state index contributed by atoms with van der Waals surface area (Å²) < 4.78 is 5.61. The minimum Gasteiger partial charge on any atom is -0.377 e. The Hall–Kier alpha value is -0.510. The van der Waals surface area contributed by atoms with Crippen LogP contribution in [0.5, 0.6) is 0 Å². The second-order valence-corrected chi connectivity index (χ2v) is 5.85. The van der Waals surface area contributed by atoms with E-state index in [0.29, 0.717) is 11.4 Å². The smallest absolute Gasteiger partial charge is 0.0669 e. The average Bonchev–Trinajstić information content (AvgIpc) is 2.75. The molecule has 1 heterocycles. The maximum absolute atomic E-state index is 6.16. The van der Waals surface area contributed by atoms with Crippen LogP contribution in [-0.2, 0) is 4.74 Å². The first-order valence-corrected chi connectivity index (χ1v) is 7.23. The third kappa shape index (κ3) is 3.03. The Morgan fingerprint density at radius 1 is 1.47 bits per heavy atom. The van der Waals surface area contributed by atoms with Gasteiger partial charge in [-0.25, -0.2) is 0 Å². The lowest BCUT2D eigenvalue weighted by Crippen LogP contribution is -2.15. The van der Waals surface area contributed by atoms with Crippen molar-refractivity contribution in [2.24, 2.45) is 5.73 Å². The number of benzene rings is 1. The first kappa shape index (κ1) is 12.9. The van der Waals surface area contributed by atoms with Gasteiger partial charge < -0.3 is 10.5 Å². The minimum atomic E-state index is 0.149. The van der Waals surface area contributed by atoms with Crippen molar-refractivity contribution < 1.29 is 4.74 Å². The first-order valence-electron chi connectivity index (χ1n) is 6.35. The molecule has 1 aliphatic rings. The highest BCUT2D eigenvalue weighted by molar-refractivity contribution is 8.00. The average molecular weight is 251 g/mol. The molecular formula is C14H21NOS. The lowest BCUT2D eigenvalue weighted by molar-refractivity contribution is 0.127. The molecule has 0 radical (unpaired) electrons. The summed E-state index contributed by atoms with van der Waals surface area (Å²) in [6.07, 6.45) is 2.47. The second-order valence-electron chi connectivity index (χ2n) is 4.57. The van der Waals surface area contributed by atoms with Crippen molar-refractivity contribution in [3.63, 3.8) is 0 Å². The maximum atomic E-state index is 6.16. The molecule has 0 amide bonds. The van der Waals surface area contributed by atoms with Crippen molar-refractivity contribution in [3.8, 4) is 0 Å². The van der Waals surface area contributed by atoms with E-state index in [0.717, 1.165) is 19.4 Å². The standard InChI is InChI=1S/C14H21NOS/c1-3-12(15)11-6-4-5-7-14(11)17-13-8-9-16-10(13)2/h4-7,10,12-13H,3,8-9,15H2,1-2H3. The SMILES string of the molecule is CCC(N)c1ccccc1SC1CCOC1C. The molecule has 0 aromatic heterocycles. The molecule has 3 atom stereocenters. The van der Waals surface area contributed by atoms with E-state index in [1.54, 1.807) is 0 Å². The van der Waals surface area contributed by atoms with Crippen molar-refractivity contribution >= 4 is 11.8 Å². The predicted molar refractivity (Wildman–Crippen MR) is 73.3 cm³/mol. The van der Waals surface area contributed by atoms with Gasteiger partial charge in [0.15, 0.2) is 0 Å². The summed E-state index contributed by atoms with van der Waals surface area (Å²) in [4.78, 5) is 1.32.